The predicted molar refractivity (Wildman–Crippen MR) is 83.9 cm³/mol. The summed E-state index contributed by atoms with van der Waals surface area (Å²) in [4.78, 5) is 20.2. The van der Waals surface area contributed by atoms with E-state index in [1.54, 1.807) is 0 Å². The van der Waals surface area contributed by atoms with Crippen molar-refractivity contribution in [3.05, 3.63) is 51.8 Å². The summed E-state index contributed by atoms with van der Waals surface area (Å²) in [6.45, 7) is 4.17. The number of aromatic nitrogens is 2. The van der Waals surface area contributed by atoms with E-state index in [9.17, 15) is 4.79 Å². The number of carbonyl (C=O) groups is 1. The molecule has 0 atom stereocenters. The maximum absolute atomic E-state index is 12.1. The zero-order chi connectivity index (χ0) is 15.4. The first-order valence-electron chi connectivity index (χ1n) is 6.31. The molecule has 0 spiro atoms. The van der Waals surface area contributed by atoms with E-state index in [-0.39, 0.29) is 17.3 Å². The lowest BCUT2D eigenvalue weighted by molar-refractivity contribution is 0.0464. The Morgan fingerprint density at radius 1 is 1.38 bits per heavy atom. The Morgan fingerprint density at radius 2 is 2.14 bits per heavy atom. The molecule has 2 aromatic rings. The summed E-state index contributed by atoms with van der Waals surface area (Å²) in [7, 11) is 0. The second-order valence-corrected chi connectivity index (χ2v) is 5.74. The van der Waals surface area contributed by atoms with Gasteiger partial charge >= 0.3 is 5.97 Å². The van der Waals surface area contributed by atoms with Gasteiger partial charge in [-0.2, -0.15) is 0 Å². The van der Waals surface area contributed by atoms with Gasteiger partial charge in [-0.15, -0.1) is 0 Å². The Labute approximate surface area is 132 Å². The van der Waals surface area contributed by atoms with Crippen molar-refractivity contribution in [3.8, 4) is 0 Å². The Bertz CT molecular complexity index is 677. The van der Waals surface area contributed by atoms with Crippen LogP contribution in [0, 0.1) is 13.8 Å². The van der Waals surface area contributed by atoms with Crippen LogP contribution in [0.5, 0.6) is 0 Å². The van der Waals surface area contributed by atoms with Gasteiger partial charge in [0.15, 0.2) is 10.9 Å². The number of nitrogens with zero attached hydrogens (tertiary/aromatic N) is 2. The molecule has 0 aliphatic heterocycles. The third-order valence-electron chi connectivity index (χ3n) is 2.96. The quantitative estimate of drug-likeness (QED) is 0.486. The zero-order valence-corrected chi connectivity index (χ0v) is 13.6. The van der Waals surface area contributed by atoms with E-state index in [0.717, 1.165) is 16.7 Å². The number of esters is 1. The maximum Gasteiger partial charge on any atom is 0.358 e. The molecule has 0 amide bonds. The van der Waals surface area contributed by atoms with Crippen molar-refractivity contribution in [2.75, 3.05) is 6.26 Å². The average molecular weight is 323 g/mol. The molecule has 4 nitrogen and oxygen atoms in total. The van der Waals surface area contributed by atoms with Crippen molar-refractivity contribution >= 4 is 29.3 Å². The molecule has 0 bridgehead atoms. The molecule has 1 heterocycles. The van der Waals surface area contributed by atoms with Gasteiger partial charge in [-0.1, -0.05) is 47.1 Å². The lowest BCUT2D eigenvalue weighted by atomic mass is 10.1. The van der Waals surface area contributed by atoms with E-state index < -0.39 is 5.97 Å². The van der Waals surface area contributed by atoms with Crippen LogP contribution >= 0.6 is 23.4 Å². The first-order valence-corrected chi connectivity index (χ1v) is 7.91. The van der Waals surface area contributed by atoms with Gasteiger partial charge in [0.25, 0.3) is 0 Å². The molecule has 0 saturated heterocycles. The molecule has 2 rings (SSSR count). The summed E-state index contributed by atoms with van der Waals surface area (Å²) in [6, 6.07) is 6.02. The van der Waals surface area contributed by atoms with Crippen molar-refractivity contribution in [2.24, 2.45) is 0 Å². The van der Waals surface area contributed by atoms with Crippen LogP contribution in [-0.2, 0) is 11.3 Å². The molecular weight excluding hydrogens is 308 g/mol. The summed E-state index contributed by atoms with van der Waals surface area (Å²) in [5.74, 6) is -0.543. The molecule has 0 unspecified atom stereocenters. The molecule has 110 valence electrons. The highest BCUT2D eigenvalue weighted by atomic mass is 35.5. The lowest BCUT2D eigenvalue weighted by Gasteiger charge is -2.09. The molecular formula is C15H15ClN2O2S. The minimum atomic E-state index is -0.543. The van der Waals surface area contributed by atoms with Gasteiger partial charge in [0.1, 0.15) is 6.61 Å². The van der Waals surface area contributed by atoms with E-state index in [2.05, 4.69) is 9.97 Å². The van der Waals surface area contributed by atoms with Crippen LogP contribution in [0.15, 0.2) is 29.6 Å². The molecule has 1 aromatic heterocycles. The van der Waals surface area contributed by atoms with Crippen LogP contribution in [0.2, 0.25) is 5.02 Å². The third-order valence-corrected chi connectivity index (χ3v) is 3.80. The summed E-state index contributed by atoms with van der Waals surface area (Å²) in [6.07, 6.45) is 3.24. The van der Waals surface area contributed by atoms with Gasteiger partial charge in [-0.3, -0.25) is 0 Å². The number of carbonyl (C=O) groups excluding carboxylic acids is 1. The molecule has 1 aromatic carbocycles. The zero-order valence-electron chi connectivity index (χ0n) is 12.0. The number of hydrogen-bond acceptors (Lipinski definition) is 5. The van der Waals surface area contributed by atoms with E-state index in [1.165, 1.54) is 18.0 Å². The fraction of sp³-hybridized carbons (Fsp3) is 0.267. The van der Waals surface area contributed by atoms with Crippen LogP contribution in [0.1, 0.15) is 27.2 Å². The van der Waals surface area contributed by atoms with Crippen LogP contribution < -0.4 is 0 Å². The van der Waals surface area contributed by atoms with E-state index in [0.29, 0.717) is 5.16 Å². The summed E-state index contributed by atoms with van der Waals surface area (Å²) in [5, 5.41) is 0.678. The van der Waals surface area contributed by atoms with E-state index in [4.69, 9.17) is 16.3 Å². The van der Waals surface area contributed by atoms with Crippen molar-refractivity contribution in [1.82, 2.24) is 9.97 Å². The number of halogens is 1. The Kier molecular flexibility index (Phi) is 5.20. The highest BCUT2D eigenvalue weighted by molar-refractivity contribution is 7.98. The number of hydrogen-bond donors (Lipinski definition) is 0. The third kappa shape index (κ3) is 3.95. The fourth-order valence-electron chi connectivity index (χ4n) is 1.76. The van der Waals surface area contributed by atoms with Crippen LogP contribution in [0.25, 0.3) is 0 Å². The normalized spacial score (nSPS) is 10.5. The molecule has 0 aliphatic rings. The van der Waals surface area contributed by atoms with Crippen LogP contribution in [0.3, 0.4) is 0 Å². The Balaban J connectivity index is 2.13. The minimum absolute atomic E-state index is 0.0984. The van der Waals surface area contributed by atoms with Crippen molar-refractivity contribution in [2.45, 2.75) is 25.6 Å². The molecule has 6 heteroatoms. The van der Waals surface area contributed by atoms with E-state index >= 15 is 0 Å². The highest BCUT2D eigenvalue weighted by Crippen LogP contribution is 2.18. The molecule has 0 radical (unpaired) electrons. The first kappa shape index (κ1) is 15.8. The second-order valence-electron chi connectivity index (χ2n) is 4.56. The highest BCUT2D eigenvalue weighted by Gasteiger charge is 2.16. The lowest BCUT2D eigenvalue weighted by Crippen LogP contribution is -2.10. The van der Waals surface area contributed by atoms with Gasteiger partial charge < -0.3 is 4.74 Å². The van der Waals surface area contributed by atoms with Gasteiger partial charge in [0.2, 0.25) is 0 Å². The summed E-state index contributed by atoms with van der Waals surface area (Å²) in [5.41, 5.74) is 3.27. The standard InChI is InChI=1S/C15H15ClN2O2S/c1-9-4-5-10(2)11(6-9)8-20-14(19)13-12(16)7-17-15(18-13)21-3/h4-7H,8H2,1-3H3. The largest absolute Gasteiger partial charge is 0.456 e. The molecule has 0 saturated carbocycles. The number of benzene rings is 1. The smallest absolute Gasteiger partial charge is 0.358 e. The van der Waals surface area contributed by atoms with Gasteiger partial charge in [-0.25, -0.2) is 14.8 Å². The monoisotopic (exact) mass is 322 g/mol. The summed E-state index contributed by atoms with van der Waals surface area (Å²) >= 11 is 7.29. The fourth-order valence-corrected chi connectivity index (χ4v) is 2.27. The van der Waals surface area contributed by atoms with Crippen molar-refractivity contribution < 1.29 is 9.53 Å². The number of ether oxygens (including phenoxy) is 1. The predicted octanol–water partition coefficient (Wildman–Crippen LogP) is 3.83. The SMILES string of the molecule is CSc1ncc(Cl)c(C(=O)OCc2cc(C)ccc2C)n1. The molecule has 0 aliphatic carbocycles. The average Bonchev–Trinajstić information content (AvgIpc) is 2.48. The molecule has 21 heavy (non-hydrogen) atoms. The number of thioether (sulfide) groups is 1. The second kappa shape index (κ2) is 6.91. The number of rotatable bonds is 4. The van der Waals surface area contributed by atoms with Gasteiger partial charge in [0, 0.05) is 0 Å². The van der Waals surface area contributed by atoms with Crippen molar-refractivity contribution in [1.29, 1.82) is 0 Å². The van der Waals surface area contributed by atoms with Crippen molar-refractivity contribution in [3.63, 3.8) is 0 Å². The minimum Gasteiger partial charge on any atom is -0.456 e. The summed E-state index contributed by atoms with van der Waals surface area (Å²) < 4.78 is 5.31. The van der Waals surface area contributed by atoms with Gasteiger partial charge in [0.05, 0.1) is 11.2 Å². The van der Waals surface area contributed by atoms with Gasteiger partial charge in [-0.05, 0) is 31.2 Å². The maximum atomic E-state index is 12.1. The van der Waals surface area contributed by atoms with Crippen LogP contribution in [0.4, 0.5) is 0 Å². The first-order chi connectivity index (χ1) is 10.0. The topological polar surface area (TPSA) is 52.1 Å². The van der Waals surface area contributed by atoms with Crippen LogP contribution in [-0.4, -0.2) is 22.2 Å². The van der Waals surface area contributed by atoms with E-state index in [1.807, 2.05) is 38.3 Å². The number of aryl methyl sites for hydroxylation is 2. The molecule has 0 fully saturated rings. The molecule has 0 N–H and O–H groups in total. The Hall–Kier alpha value is -1.59. The Morgan fingerprint density at radius 3 is 2.86 bits per heavy atom.